The second kappa shape index (κ2) is 8.81. The number of hydrogen-bond acceptors (Lipinski definition) is 6. The molecule has 1 atom stereocenters. The number of carbonyl (C=O) groups excluding carboxylic acids is 1. The molecule has 0 aliphatic carbocycles. The van der Waals surface area contributed by atoms with E-state index in [0.717, 1.165) is 35.1 Å². The first-order valence-corrected chi connectivity index (χ1v) is 10.2. The summed E-state index contributed by atoms with van der Waals surface area (Å²) in [5, 5.41) is 2.35. The number of likely N-dealkylation sites (tertiary alicyclic amines) is 1. The van der Waals surface area contributed by atoms with Crippen LogP contribution in [0.4, 0.5) is 4.39 Å². The van der Waals surface area contributed by atoms with Crippen LogP contribution in [0.15, 0.2) is 35.4 Å². The smallest absolute Gasteiger partial charge is 0.272 e. The first-order valence-electron chi connectivity index (χ1n) is 10.2. The number of H-pyrrole nitrogens is 1. The van der Waals surface area contributed by atoms with Crippen molar-refractivity contribution < 1.29 is 13.9 Å². The van der Waals surface area contributed by atoms with E-state index in [9.17, 15) is 14.0 Å². The van der Waals surface area contributed by atoms with Gasteiger partial charge >= 0.3 is 0 Å². The molecule has 1 saturated heterocycles. The number of ether oxygens (including phenoxy) is 1. The minimum atomic E-state index is -0.714. The molecule has 162 valence electrons. The average Bonchev–Trinajstić information content (AvgIpc) is 3.19. The van der Waals surface area contributed by atoms with E-state index in [-0.39, 0.29) is 17.4 Å². The summed E-state index contributed by atoms with van der Waals surface area (Å²) in [7, 11) is 1.42. The molecule has 3 aromatic heterocycles. The molecule has 31 heavy (non-hydrogen) atoms. The van der Waals surface area contributed by atoms with E-state index in [1.807, 2.05) is 25.3 Å². The molecule has 0 saturated carbocycles. The summed E-state index contributed by atoms with van der Waals surface area (Å²) < 4.78 is 19.9. The molecular weight excluding hydrogens is 401 g/mol. The van der Waals surface area contributed by atoms with E-state index < -0.39 is 11.7 Å². The van der Waals surface area contributed by atoms with Crippen LogP contribution in [0.3, 0.4) is 0 Å². The number of aromatic amines is 1. The molecule has 0 spiro atoms. The van der Waals surface area contributed by atoms with Gasteiger partial charge in [-0.1, -0.05) is 6.92 Å². The molecule has 1 aliphatic heterocycles. The highest BCUT2D eigenvalue weighted by Crippen LogP contribution is 2.21. The van der Waals surface area contributed by atoms with Crippen LogP contribution in [0.1, 0.15) is 35.0 Å². The normalized spacial score (nSPS) is 16.5. The first kappa shape index (κ1) is 20.9. The maximum atomic E-state index is 14.1. The monoisotopic (exact) mass is 425 g/mol. The number of nitrogens with zero attached hydrogens (tertiary/aromatic N) is 3. The highest BCUT2D eigenvalue weighted by Gasteiger charge is 2.25. The van der Waals surface area contributed by atoms with Crippen molar-refractivity contribution in [2.75, 3.05) is 20.1 Å². The predicted molar refractivity (Wildman–Crippen MR) is 114 cm³/mol. The quantitative estimate of drug-likeness (QED) is 0.627. The number of rotatable bonds is 6. The molecule has 4 rings (SSSR count). The fourth-order valence-electron chi connectivity index (χ4n) is 3.77. The summed E-state index contributed by atoms with van der Waals surface area (Å²) in [5.74, 6) is -0.991. The third-order valence-electron chi connectivity index (χ3n) is 5.40. The van der Waals surface area contributed by atoms with E-state index in [1.54, 1.807) is 0 Å². The minimum Gasteiger partial charge on any atom is -0.487 e. The third kappa shape index (κ3) is 4.56. The van der Waals surface area contributed by atoms with Gasteiger partial charge in [-0.05, 0) is 30.5 Å². The highest BCUT2D eigenvalue weighted by molar-refractivity contribution is 5.92. The molecule has 4 heterocycles. The van der Waals surface area contributed by atoms with E-state index in [4.69, 9.17) is 4.74 Å². The fraction of sp³-hybridized carbons (Fsp3) is 0.364. The van der Waals surface area contributed by atoms with Crippen molar-refractivity contribution in [1.82, 2.24) is 25.2 Å². The zero-order valence-electron chi connectivity index (χ0n) is 17.4. The molecule has 0 radical (unpaired) electrons. The van der Waals surface area contributed by atoms with Crippen LogP contribution in [0.25, 0.3) is 11.0 Å². The van der Waals surface area contributed by atoms with Crippen molar-refractivity contribution in [2.24, 2.45) is 0 Å². The minimum absolute atomic E-state index is 0.0770. The van der Waals surface area contributed by atoms with Crippen molar-refractivity contribution in [3.8, 4) is 5.75 Å². The summed E-state index contributed by atoms with van der Waals surface area (Å²) >= 11 is 0. The number of carbonyl (C=O) groups is 1. The largest absolute Gasteiger partial charge is 0.487 e. The lowest BCUT2D eigenvalue weighted by atomic mass is 10.1. The summed E-state index contributed by atoms with van der Waals surface area (Å²) in [6, 6.07) is 4.97. The summed E-state index contributed by atoms with van der Waals surface area (Å²) in [5.41, 5.74) is 2.89. The highest BCUT2D eigenvalue weighted by atomic mass is 19.1. The van der Waals surface area contributed by atoms with E-state index >= 15 is 0 Å². The molecule has 0 aromatic carbocycles. The Bertz CT molecular complexity index is 1180. The van der Waals surface area contributed by atoms with Gasteiger partial charge in [0.15, 0.2) is 11.5 Å². The predicted octanol–water partition coefficient (Wildman–Crippen LogP) is 2.03. The van der Waals surface area contributed by atoms with E-state index in [2.05, 4.69) is 25.2 Å². The second-order valence-corrected chi connectivity index (χ2v) is 7.60. The van der Waals surface area contributed by atoms with Gasteiger partial charge < -0.3 is 15.0 Å². The van der Waals surface area contributed by atoms with Crippen molar-refractivity contribution in [3.05, 3.63) is 63.6 Å². The van der Waals surface area contributed by atoms with Gasteiger partial charge in [0.2, 0.25) is 0 Å². The molecule has 9 heteroatoms. The number of halogens is 1. The second-order valence-electron chi connectivity index (χ2n) is 7.60. The third-order valence-corrected chi connectivity index (χ3v) is 5.40. The Morgan fingerprint density at radius 3 is 2.90 bits per heavy atom. The number of nitrogens with one attached hydrogen (secondary N) is 2. The van der Waals surface area contributed by atoms with E-state index in [1.165, 1.54) is 19.3 Å². The maximum Gasteiger partial charge on any atom is 0.272 e. The van der Waals surface area contributed by atoms with Gasteiger partial charge in [0.25, 0.3) is 11.5 Å². The Labute approximate surface area is 178 Å². The number of aromatic nitrogens is 3. The number of fused-ring (bicyclic) bond motifs is 1. The number of aryl methyl sites for hydroxylation is 1. The fourth-order valence-corrected chi connectivity index (χ4v) is 3.77. The molecule has 1 fully saturated rings. The SMILES string of the molecule is CCc1cc2ncc(CN3CC[C@@H](Oc4cnc(C(=O)NC)c(F)c4)C3)cc2[nH]c1=O. The Balaban J connectivity index is 1.39. The number of hydrogen-bond donors (Lipinski definition) is 2. The van der Waals surface area contributed by atoms with Gasteiger partial charge in [0.1, 0.15) is 11.9 Å². The Hall–Kier alpha value is -3.33. The van der Waals surface area contributed by atoms with E-state index in [0.29, 0.717) is 25.3 Å². The lowest BCUT2D eigenvalue weighted by molar-refractivity contribution is 0.0953. The zero-order valence-corrected chi connectivity index (χ0v) is 17.4. The zero-order chi connectivity index (χ0) is 22.0. The van der Waals surface area contributed by atoms with Crippen LogP contribution in [-0.2, 0) is 13.0 Å². The summed E-state index contributed by atoms with van der Waals surface area (Å²) in [6.45, 7) is 4.10. The molecule has 0 bridgehead atoms. The van der Waals surface area contributed by atoms with Crippen LogP contribution in [-0.4, -0.2) is 52.0 Å². The average molecular weight is 425 g/mol. The van der Waals surface area contributed by atoms with Crippen molar-refractivity contribution in [1.29, 1.82) is 0 Å². The topological polar surface area (TPSA) is 100 Å². The first-order chi connectivity index (χ1) is 15.0. The Morgan fingerprint density at radius 2 is 2.16 bits per heavy atom. The van der Waals surface area contributed by atoms with Crippen LogP contribution >= 0.6 is 0 Å². The summed E-state index contributed by atoms with van der Waals surface area (Å²) in [4.78, 5) is 37.1. The standard InChI is InChI=1S/C22H24FN5O3/c1-3-14-7-18-19(27-21(14)29)6-13(9-25-18)11-28-5-4-15(12-28)31-16-8-17(23)20(26-10-16)22(30)24-2/h6-10,15H,3-5,11-12H2,1-2H3,(H,24,30)(H,27,29)/t15-/m1/s1. The molecule has 1 aliphatic rings. The van der Waals surface area contributed by atoms with Crippen LogP contribution in [0, 0.1) is 5.82 Å². The molecule has 2 N–H and O–H groups in total. The van der Waals surface area contributed by atoms with Crippen molar-refractivity contribution in [3.63, 3.8) is 0 Å². The van der Waals surface area contributed by atoms with Crippen molar-refractivity contribution >= 4 is 16.9 Å². The van der Waals surface area contributed by atoms with Gasteiger partial charge in [-0.25, -0.2) is 9.37 Å². The van der Waals surface area contributed by atoms with Gasteiger partial charge in [0.05, 0.1) is 17.2 Å². The van der Waals surface area contributed by atoms with Crippen LogP contribution in [0.5, 0.6) is 5.75 Å². The number of amides is 1. The molecule has 3 aromatic rings. The molecule has 1 amide bonds. The number of pyridine rings is 3. The molecule has 0 unspecified atom stereocenters. The van der Waals surface area contributed by atoms with Gasteiger partial charge in [-0.2, -0.15) is 0 Å². The lowest BCUT2D eigenvalue weighted by Crippen LogP contribution is -2.25. The maximum absolute atomic E-state index is 14.1. The lowest BCUT2D eigenvalue weighted by Gasteiger charge is -2.17. The Kier molecular flexibility index (Phi) is 5.94. The van der Waals surface area contributed by atoms with Crippen molar-refractivity contribution in [2.45, 2.75) is 32.4 Å². The van der Waals surface area contributed by atoms with Crippen LogP contribution < -0.4 is 15.6 Å². The van der Waals surface area contributed by atoms with Gasteiger partial charge in [0, 0.05) is 44.5 Å². The summed E-state index contributed by atoms with van der Waals surface area (Å²) in [6.07, 6.45) is 4.54. The van der Waals surface area contributed by atoms with Crippen LogP contribution in [0.2, 0.25) is 0 Å². The van der Waals surface area contributed by atoms with Gasteiger partial charge in [-0.15, -0.1) is 0 Å². The molecular formula is C22H24FN5O3. The van der Waals surface area contributed by atoms with Gasteiger partial charge in [-0.3, -0.25) is 19.5 Å². The molecule has 8 nitrogen and oxygen atoms in total. The Morgan fingerprint density at radius 1 is 1.32 bits per heavy atom.